The average Bonchev–Trinajstić information content (AvgIpc) is 2.81. The molecule has 1 N–H and O–H groups in total. The van der Waals surface area contributed by atoms with Crippen molar-refractivity contribution in [1.29, 1.82) is 0 Å². The Morgan fingerprint density at radius 2 is 1.61 bits per heavy atom. The minimum absolute atomic E-state index is 0. The molecule has 0 radical (unpaired) electrons. The number of aromatic amines is 1. The number of aromatic nitrogens is 2. The van der Waals surface area contributed by atoms with E-state index in [0.29, 0.717) is 0 Å². The minimum Gasteiger partial charge on any atom is -0.327 e. The molecule has 0 atom stereocenters. The van der Waals surface area contributed by atoms with E-state index in [0.717, 1.165) is 17.8 Å². The lowest BCUT2D eigenvalue weighted by Crippen LogP contribution is -2.02. The van der Waals surface area contributed by atoms with Gasteiger partial charge in [0.1, 0.15) is 0 Å². The quantitative estimate of drug-likeness (QED) is 0.579. The Kier molecular flexibility index (Phi) is 13.3. The molecule has 28 heavy (non-hydrogen) atoms. The highest BCUT2D eigenvalue weighted by molar-refractivity contribution is 5.53. The van der Waals surface area contributed by atoms with Gasteiger partial charge in [0.25, 0.3) is 0 Å². The standard InChI is InChI=1S/C11H16.C6H7NO.C6H7N.2CH4/c1-7(2)11-9(4)6-8(3)10(11)5;1-5-3-2-4-6(8)7-5;1-6-4-2-3-5-7-6;;/h1,6H2,2-5H3;2-4H,1H3,(H,7,8);2-5H,1H3;2*1H4. The van der Waals surface area contributed by atoms with Gasteiger partial charge in [-0.1, -0.05) is 50.3 Å². The van der Waals surface area contributed by atoms with E-state index in [2.05, 4.69) is 44.2 Å². The molecule has 0 unspecified atom stereocenters. The molecule has 0 bridgehead atoms. The van der Waals surface area contributed by atoms with E-state index in [4.69, 9.17) is 0 Å². The highest BCUT2D eigenvalue weighted by Crippen LogP contribution is 2.34. The zero-order valence-electron chi connectivity index (χ0n) is 16.8. The predicted molar refractivity (Wildman–Crippen MR) is 125 cm³/mol. The summed E-state index contributed by atoms with van der Waals surface area (Å²) in [6.45, 7) is 16.5. The number of hydrogen-bond acceptors (Lipinski definition) is 2. The van der Waals surface area contributed by atoms with Crippen LogP contribution in [0.1, 0.15) is 60.4 Å². The van der Waals surface area contributed by atoms with Crippen LogP contribution in [0.25, 0.3) is 0 Å². The summed E-state index contributed by atoms with van der Waals surface area (Å²) in [5, 5.41) is 0. The first-order chi connectivity index (χ1) is 12.2. The van der Waals surface area contributed by atoms with Crippen molar-refractivity contribution >= 4 is 0 Å². The second-order valence-electron chi connectivity index (χ2n) is 6.69. The lowest BCUT2D eigenvalue weighted by atomic mass is 10.0. The first-order valence-electron chi connectivity index (χ1n) is 8.78. The van der Waals surface area contributed by atoms with Crippen LogP contribution in [-0.2, 0) is 0 Å². The van der Waals surface area contributed by atoms with Crippen molar-refractivity contribution in [3.8, 4) is 0 Å². The number of pyridine rings is 2. The molecule has 0 saturated carbocycles. The molecule has 1 aliphatic carbocycles. The summed E-state index contributed by atoms with van der Waals surface area (Å²) in [7, 11) is 0. The van der Waals surface area contributed by atoms with E-state index in [1.807, 2.05) is 38.1 Å². The zero-order valence-corrected chi connectivity index (χ0v) is 16.8. The Morgan fingerprint density at radius 1 is 0.964 bits per heavy atom. The minimum atomic E-state index is -0.0370. The van der Waals surface area contributed by atoms with Crippen LogP contribution in [0.2, 0.25) is 0 Å². The molecule has 0 spiro atoms. The molecule has 0 aromatic carbocycles. The molecule has 154 valence electrons. The van der Waals surface area contributed by atoms with E-state index in [9.17, 15) is 4.79 Å². The molecular weight excluding hydrogens is 344 g/mol. The summed E-state index contributed by atoms with van der Waals surface area (Å²) < 4.78 is 0. The van der Waals surface area contributed by atoms with Crippen molar-refractivity contribution < 1.29 is 0 Å². The number of H-pyrrole nitrogens is 1. The fourth-order valence-electron chi connectivity index (χ4n) is 2.84. The predicted octanol–water partition coefficient (Wildman–Crippen LogP) is 6.96. The van der Waals surface area contributed by atoms with Crippen LogP contribution in [0.3, 0.4) is 0 Å². The number of nitrogens with one attached hydrogen (secondary N) is 1. The van der Waals surface area contributed by atoms with Gasteiger partial charge in [0.2, 0.25) is 5.56 Å². The van der Waals surface area contributed by atoms with Crippen LogP contribution in [0.15, 0.2) is 81.8 Å². The van der Waals surface area contributed by atoms with Gasteiger partial charge in [0, 0.05) is 23.7 Å². The molecular formula is C25H38N2O. The number of nitrogens with zero attached hydrogens (tertiary/aromatic N) is 1. The van der Waals surface area contributed by atoms with Crippen molar-refractivity contribution in [3.05, 3.63) is 98.8 Å². The van der Waals surface area contributed by atoms with E-state index >= 15 is 0 Å². The van der Waals surface area contributed by atoms with Crippen LogP contribution in [0, 0.1) is 13.8 Å². The van der Waals surface area contributed by atoms with Crippen molar-refractivity contribution in [1.82, 2.24) is 9.97 Å². The summed E-state index contributed by atoms with van der Waals surface area (Å²) in [6.07, 6.45) is 2.93. The fraction of sp³-hybridized carbons (Fsp3) is 0.360. The molecule has 2 aromatic heterocycles. The van der Waals surface area contributed by atoms with Crippen LogP contribution >= 0.6 is 0 Å². The van der Waals surface area contributed by atoms with E-state index in [-0.39, 0.29) is 20.4 Å². The largest absolute Gasteiger partial charge is 0.327 e. The van der Waals surface area contributed by atoms with Gasteiger partial charge in [-0.25, -0.2) is 0 Å². The van der Waals surface area contributed by atoms with Gasteiger partial charge in [-0.3, -0.25) is 9.78 Å². The monoisotopic (exact) mass is 382 g/mol. The van der Waals surface area contributed by atoms with Crippen LogP contribution < -0.4 is 5.56 Å². The van der Waals surface area contributed by atoms with Gasteiger partial charge in [-0.2, -0.15) is 0 Å². The van der Waals surface area contributed by atoms with Gasteiger partial charge in [0.05, 0.1) is 0 Å². The Morgan fingerprint density at radius 3 is 1.86 bits per heavy atom. The lowest BCUT2D eigenvalue weighted by molar-refractivity contribution is 1.14. The maximum Gasteiger partial charge on any atom is 0.248 e. The zero-order chi connectivity index (χ0) is 19.7. The smallest absolute Gasteiger partial charge is 0.248 e. The van der Waals surface area contributed by atoms with E-state index in [1.54, 1.807) is 12.3 Å². The first kappa shape index (κ1) is 27.5. The van der Waals surface area contributed by atoms with Gasteiger partial charge >= 0.3 is 0 Å². The van der Waals surface area contributed by atoms with Crippen molar-refractivity contribution in [2.24, 2.45) is 0 Å². The molecule has 0 amide bonds. The summed E-state index contributed by atoms with van der Waals surface area (Å²) >= 11 is 0. The van der Waals surface area contributed by atoms with Gasteiger partial charge in [-0.05, 0) is 77.3 Å². The highest BCUT2D eigenvalue weighted by atomic mass is 16.1. The molecule has 2 aromatic rings. The molecule has 3 heteroatoms. The molecule has 3 nitrogen and oxygen atoms in total. The Bertz CT molecular complexity index is 855. The maximum atomic E-state index is 10.4. The Hall–Kier alpha value is -2.68. The third kappa shape index (κ3) is 9.31. The highest BCUT2D eigenvalue weighted by Gasteiger charge is 2.15. The van der Waals surface area contributed by atoms with Crippen molar-refractivity contribution in [2.75, 3.05) is 0 Å². The van der Waals surface area contributed by atoms with Gasteiger partial charge < -0.3 is 4.98 Å². The molecule has 0 aliphatic heterocycles. The maximum absolute atomic E-state index is 10.4. The van der Waals surface area contributed by atoms with Crippen LogP contribution in [0.4, 0.5) is 0 Å². The molecule has 3 rings (SSSR count). The summed E-state index contributed by atoms with van der Waals surface area (Å²) in [4.78, 5) is 17.0. The lowest BCUT2D eigenvalue weighted by Gasteiger charge is -2.04. The number of aryl methyl sites for hydroxylation is 2. The van der Waals surface area contributed by atoms with E-state index < -0.39 is 0 Å². The molecule has 2 heterocycles. The van der Waals surface area contributed by atoms with Crippen molar-refractivity contribution in [3.63, 3.8) is 0 Å². The van der Waals surface area contributed by atoms with E-state index in [1.165, 1.54) is 33.9 Å². The fourth-order valence-corrected chi connectivity index (χ4v) is 2.84. The topological polar surface area (TPSA) is 45.8 Å². The average molecular weight is 383 g/mol. The second kappa shape index (κ2) is 13.5. The van der Waals surface area contributed by atoms with Crippen LogP contribution in [0.5, 0.6) is 0 Å². The summed E-state index contributed by atoms with van der Waals surface area (Å²) in [6, 6.07) is 10.9. The van der Waals surface area contributed by atoms with Gasteiger partial charge in [-0.15, -0.1) is 0 Å². The third-order valence-electron chi connectivity index (χ3n) is 4.13. The number of allylic oxidation sites excluding steroid dienone is 5. The number of rotatable bonds is 1. The Labute approximate surface area is 172 Å². The summed E-state index contributed by atoms with van der Waals surface area (Å²) in [5.74, 6) is 0. The van der Waals surface area contributed by atoms with Crippen LogP contribution in [-0.4, -0.2) is 9.97 Å². The van der Waals surface area contributed by atoms with Gasteiger partial charge in [0.15, 0.2) is 0 Å². The molecule has 0 fully saturated rings. The summed E-state index contributed by atoms with van der Waals surface area (Å²) in [5.41, 5.74) is 8.97. The second-order valence-corrected chi connectivity index (χ2v) is 6.69. The van der Waals surface area contributed by atoms with Crippen molar-refractivity contribution in [2.45, 2.75) is 62.8 Å². The first-order valence-corrected chi connectivity index (χ1v) is 8.78. The number of hydrogen-bond donors (Lipinski definition) is 1. The SMILES string of the molecule is C.C.C=C(C)C1=C(C)CC(C)=C1C.Cc1cccc(=O)[nH]1.Cc1ccccn1. The Balaban J connectivity index is 0. The molecule has 1 aliphatic rings. The third-order valence-corrected chi connectivity index (χ3v) is 4.13. The molecule has 0 saturated heterocycles. The normalized spacial score (nSPS) is 11.9.